The molecule has 1 aromatic carbocycles. The van der Waals surface area contributed by atoms with Gasteiger partial charge in [-0.2, -0.15) is 0 Å². The van der Waals surface area contributed by atoms with Gasteiger partial charge in [-0.1, -0.05) is 0 Å². The first-order valence-electron chi connectivity index (χ1n) is 6.82. The minimum Gasteiger partial charge on any atom is -0.463 e. The van der Waals surface area contributed by atoms with E-state index in [-0.39, 0.29) is 0 Å². The summed E-state index contributed by atoms with van der Waals surface area (Å²) >= 11 is 1.52. The Hall–Kier alpha value is -1.66. The number of benzene rings is 1. The normalized spacial score (nSPS) is 14.4. The maximum Gasteiger partial charge on any atom is 0.228 e. The van der Waals surface area contributed by atoms with Crippen LogP contribution in [0.4, 0.5) is 4.39 Å². The smallest absolute Gasteiger partial charge is 0.228 e. The Kier molecular flexibility index (Phi) is 5.03. The van der Waals surface area contributed by atoms with E-state index in [9.17, 15) is 9.50 Å². The van der Waals surface area contributed by atoms with Crippen LogP contribution in [0.15, 0.2) is 47.9 Å². The lowest BCUT2D eigenvalue weighted by Gasteiger charge is -2.39. The van der Waals surface area contributed by atoms with Crippen molar-refractivity contribution in [2.24, 2.45) is 0 Å². The Balaban J connectivity index is 2.19. The quantitative estimate of drug-likeness (QED) is 0.824. The first-order valence-corrected chi connectivity index (χ1v) is 7.64. The summed E-state index contributed by atoms with van der Waals surface area (Å²) in [5.41, 5.74) is -0.461. The predicted octanol–water partition coefficient (Wildman–Crippen LogP) is 3.56. The molecule has 0 spiro atoms. The average Bonchev–Trinajstić information content (AvgIpc) is 2.50. The molecule has 0 aliphatic carbocycles. The van der Waals surface area contributed by atoms with Crippen LogP contribution in [0.2, 0.25) is 0 Å². The molecule has 0 saturated carbocycles. The summed E-state index contributed by atoms with van der Waals surface area (Å²) in [6, 6.07) is 7.10. The fourth-order valence-electron chi connectivity index (χ4n) is 1.96. The molecule has 0 bridgehead atoms. The van der Waals surface area contributed by atoms with E-state index in [1.54, 1.807) is 31.5 Å². The zero-order chi connectivity index (χ0) is 16.2. The van der Waals surface area contributed by atoms with Gasteiger partial charge in [0.15, 0.2) is 0 Å². The summed E-state index contributed by atoms with van der Waals surface area (Å²) in [5, 5.41) is 10.9. The van der Waals surface area contributed by atoms with E-state index < -0.39 is 17.2 Å². The van der Waals surface area contributed by atoms with Gasteiger partial charge in [-0.05, 0) is 45.0 Å². The van der Waals surface area contributed by atoms with Gasteiger partial charge in [-0.25, -0.2) is 14.4 Å². The largest absolute Gasteiger partial charge is 0.463 e. The van der Waals surface area contributed by atoms with Gasteiger partial charge < -0.3 is 9.84 Å². The molecule has 1 unspecified atom stereocenters. The number of thioether (sulfide) groups is 1. The molecule has 0 radical (unpaired) electrons. The van der Waals surface area contributed by atoms with Crippen molar-refractivity contribution in [3.05, 3.63) is 48.5 Å². The van der Waals surface area contributed by atoms with Crippen LogP contribution < -0.4 is 4.74 Å². The molecule has 2 rings (SSSR count). The molecule has 22 heavy (non-hydrogen) atoms. The maximum atomic E-state index is 12.1. The lowest BCUT2D eigenvalue weighted by Crippen LogP contribution is -2.42. The van der Waals surface area contributed by atoms with E-state index in [0.717, 1.165) is 4.90 Å². The molecule has 0 aliphatic heterocycles. The number of ether oxygens (including phenoxy) is 1. The Morgan fingerprint density at radius 2 is 1.73 bits per heavy atom. The van der Waals surface area contributed by atoms with E-state index >= 15 is 0 Å². The number of halogens is 1. The topological polar surface area (TPSA) is 55.2 Å². The molecule has 1 aromatic heterocycles. The Bertz CT molecular complexity index is 603. The van der Waals surface area contributed by atoms with Crippen molar-refractivity contribution in [2.75, 3.05) is 6.86 Å². The van der Waals surface area contributed by atoms with Gasteiger partial charge in [-0.15, -0.1) is 11.8 Å². The van der Waals surface area contributed by atoms with Gasteiger partial charge in [0, 0.05) is 27.6 Å². The van der Waals surface area contributed by atoms with Crippen molar-refractivity contribution in [1.29, 1.82) is 0 Å². The molecule has 118 valence electrons. The van der Waals surface area contributed by atoms with E-state index in [0.29, 0.717) is 11.3 Å². The molecule has 0 amide bonds. The van der Waals surface area contributed by atoms with Crippen LogP contribution in [0.3, 0.4) is 0 Å². The van der Waals surface area contributed by atoms with Gasteiger partial charge in [0.05, 0.1) is 0 Å². The average molecular weight is 322 g/mol. The zero-order valence-electron chi connectivity index (χ0n) is 12.8. The summed E-state index contributed by atoms with van der Waals surface area (Å²) < 4.78 is 16.4. The predicted molar refractivity (Wildman–Crippen MR) is 84.6 cm³/mol. The number of aromatic nitrogens is 2. The second-order valence-corrected chi connectivity index (χ2v) is 7.23. The van der Waals surface area contributed by atoms with Gasteiger partial charge in [0.2, 0.25) is 6.86 Å². The third-order valence-corrected chi connectivity index (χ3v) is 5.13. The highest BCUT2D eigenvalue weighted by Gasteiger charge is 2.42. The molecular formula is C16H19FN2O2S. The SMILES string of the molecule is CC(C)(Sc1ccc(OCF)cc1)C(C)(O)c1cncnc1. The van der Waals surface area contributed by atoms with Crippen LogP contribution >= 0.6 is 11.8 Å². The van der Waals surface area contributed by atoms with Crippen molar-refractivity contribution in [2.45, 2.75) is 36.0 Å². The number of rotatable bonds is 6. The number of aliphatic hydroxyl groups is 1. The lowest BCUT2D eigenvalue weighted by atomic mass is 9.86. The molecule has 0 aliphatic rings. The zero-order valence-corrected chi connectivity index (χ0v) is 13.6. The fourth-order valence-corrected chi connectivity index (χ4v) is 3.14. The molecule has 1 heterocycles. The monoisotopic (exact) mass is 322 g/mol. The van der Waals surface area contributed by atoms with Crippen LogP contribution in [-0.2, 0) is 5.60 Å². The minimum absolute atomic E-state index is 0.480. The van der Waals surface area contributed by atoms with Crippen LogP contribution in [0.25, 0.3) is 0 Å². The van der Waals surface area contributed by atoms with E-state index in [4.69, 9.17) is 4.74 Å². The van der Waals surface area contributed by atoms with E-state index in [2.05, 4.69) is 9.97 Å². The van der Waals surface area contributed by atoms with Gasteiger partial charge in [-0.3, -0.25) is 0 Å². The number of nitrogens with zero attached hydrogens (tertiary/aromatic N) is 2. The Morgan fingerprint density at radius 1 is 1.14 bits per heavy atom. The first-order chi connectivity index (χ1) is 10.4. The van der Waals surface area contributed by atoms with Crippen molar-refractivity contribution in [3.8, 4) is 5.75 Å². The third kappa shape index (κ3) is 3.56. The van der Waals surface area contributed by atoms with Crippen molar-refractivity contribution < 1.29 is 14.2 Å². The lowest BCUT2D eigenvalue weighted by molar-refractivity contribution is 0.0251. The highest BCUT2D eigenvalue weighted by molar-refractivity contribution is 8.00. The van der Waals surface area contributed by atoms with E-state index in [1.165, 1.54) is 18.1 Å². The fraction of sp³-hybridized carbons (Fsp3) is 0.375. The Morgan fingerprint density at radius 3 is 2.27 bits per heavy atom. The number of hydrogen-bond acceptors (Lipinski definition) is 5. The Labute approximate surface area is 133 Å². The molecule has 6 heteroatoms. The first kappa shape index (κ1) is 16.7. The maximum absolute atomic E-state index is 12.1. The van der Waals surface area contributed by atoms with Crippen LogP contribution in [-0.4, -0.2) is 26.7 Å². The third-order valence-electron chi connectivity index (χ3n) is 3.71. The summed E-state index contributed by atoms with van der Waals surface area (Å²) in [6.45, 7) is 4.81. The van der Waals surface area contributed by atoms with Crippen LogP contribution in [0, 0.1) is 0 Å². The summed E-state index contributed by atoms with van der Waals surface area (Å²) in [5.74, 6) is 0.480. The second kappa shape index (κ2) is 6.62. The molecule has 4 nitrogen and oxygen atoms in total. The molecule has 0 saturated heterocycles. The van der Waals surface area contributed by atoms with Crippen LogP contribution in [0.5, 0.6) is 5.75 Å². The molecule has 2 aromatic rings. The number of alkyl halides is 1. The van der Waals surface area contributed by atoms with Gasteiger partial charge in [0.25, 0.3) is 0 Å². The minimum atomic E-state index is -1.12. The standard InChI is InChI=1S/C16H19FN2O2S/c1-15(2,16(3,20)12-8-18-11-19-9-12)22-14-6-4-13(5-7-14)21-10-17/h4-9,11,20H,10H2,1-3H3. The molecule has 1 atom stereocenters. The van der Waals surface area contributed by atoms with Crippen molar-refractivity contribution in [3.63, 3.8) is 0 Å². The highest BCUT2D eigenvalue weighted by atomic mass is 32.2. The van der Waals surface area contributed by atoms with Crippen molar-refractivity contribution in [1.82, 2.24) is 9.97 Å². The van der Waals surface area contributed by atoms with Gasteiger partial charge >= 0.3 is 0 Å². The summed E-state index contributed by atoms with van der Waals surface area (Å²) in [4.78, 5) is 8.89. The van der Waals surface area contributed by atoms with Crippen molar-refractivity contribution >= 4 is 11.8 Å². The molecule has 0 fully saturated rings. The highest BCUT2D eigenvalue weighted by Crippen LogP contribution is 2.45. The second-order valence-electron chi connectivity index (χ2n) is 5.54. The molecular weight excluding hydrogens is 303 g/mol. The number of hydrogen-bond donors (Lipinski definition) is 1. The van der Waals surface area contributed by atoms with Gasteiger partial charge in [0.1, 0.15) is 17.7 Å². The van der Waals surface area contributed by atoms with Crippen LogP contribution in [0.1, 0.15) is 26.3 Å². The van der Waals surface area contributed by atoms with E-state index in [1.807, 2.05) is 26.0 Å². The summed E-state index contributed by atoms with van der Waals surface area (Å²) in [6.07, 6.45) is 4.67. The summed E-state index contributed by atoms with van der Waals surface area (Å²) in [7, 11) is 0. The molecule has 1 N–H and O–H groups in total.